The van der Waals surface area contributed by atoms with Gasteiger partial charge in [-0.2, -0.15) is 0 Å². The monoisotopic (exact) mass is 746 g/mol. The molecule has 0 aromatic heterocycles. The second kappa shape index (κ2) is 16.2. The largest absolute Gasteiger partial charge is 0.445 e. The summed E-state index contributed by atoms with van der Waals surface area (Å²) in [5.74, 6) is 1.62. The van der Waals surface area contributed by atoms with Gasteiger partial charge in [0.25, 0.3) is 5.34 Å². The quantitative estimate of drug-likeness (QED) is 0.0997. The van der Waals surface area contributed by atoms with Gasteiger partial charge in [-0.05, 0) is 55.0 Å². The van der Waals surface area contributed by atoms with Crippen molar-refractivity contribution < 1.29 is 19.1 Å². The van der Waals surface area contributed by atoms with Gasteiger partial charge in [-0.1, -0.05) is 81.3 Å². The average Bonchev–Trinajstić information content (AvgIpc) is 3.65. The van der Waals surface area contributed by atoms with E-state index in [1.807, 2.05) is 45.2 Å². The summed E-state index contributed by atoms with van der Waals surface area (Å²) in [6.45, 7) is 8.53. The lowest BCUT2D eigenvalue weighted by atomic mass is 10.0. The van der Waals surface area contributed by atoms with Crippen LogP contribution in [0.4, 0.5) is 0 Å². The molecule has 4 rings (SSSR count). The molecule has 0 spiro atoms. The smallest absolute Gasteiger partial charge is 0.358 e. The fourth-order valence-corrected chi connectivity index (χ4v) is 12.3. The molecule has 2 aromatic carbocycles. The van der Waals surface area contributed by atoms with Crippen molar-refractivity contribution >= 4 is 57.3 Å². The molecule has 0 bridgehead atoms. The lowest BCUT2D eigenvalue weighted by Crippen LogP contribution is -2.30. The van der Waals surface area contributed by atoms with Gasteiger partial charge in [0.05, 0.1) is 32.7 Å². The second-order valence-corrected chi connectivity index (χ2v) is 20.7. The Kier molecular flexibility index (Phi) is 13.1. The van der Waals surface area contributed by atoms with Crippen LogP contribution in [0.1, 0.15) is 83.4 Å². The highest BCUT2D eigenvalue weighted by atomic mass is 32.4. The van der Waals surface area contributed by atoms with Crippen LogP contribution in [0.3, 0.4) is 0 Å². The average molecular weight is 747 g/mol. The number of rotatable bonds is 16. The molecule has 13 heteroatoms. The summed E-state index contributed by atoms with van der Waals surface area (Å²) in [6.07, 6.45) is 12.9. The molecule has 0 radical (unpaired) electrons. The molecule has 2 aromatic rings. The van der Waals surface area contributed by atoms with Crippen molar-refractivity contribution in [3.05, 3.63) is 88.5 Å². The molecule has 0 aliphatic heterocycles. The summed E-state index contributed by atoms with van der Waals surface area (Å²) in [5, 5.41) is 8.81. The van der Waals surface area contributed by atoms with E-state index in [0.29, 0.717) is 29.6 Å². The Morgan fingerprint density at radius 1 is 1.02 bits per heavy atom. The van der Waals surface area contributed by atoms with Crippen LogP contribution < -0.4 is 4.74 Å². The molecule has 8 nitrogen and oxygen atoms in total. The number of ether oxygens (including phenoxy) is 1. The van der Waals surface area contributed by atoms with E-state index in [4.69, 9.17) is 38.6 Å². The predicted molar refractivity (Wildman–Crippen MR) is 208 cm³/mol. The first-order valence-corrected chi connectivity index (χ1v) is 22.8. The molecule has 48 heavy (non-hydrogen) atoms. The standard InChI is InChI=1S/C35H47N4O4P3S2/c1-8-10-33-27(4)35(33,45(48)39(7)37-23-28-13-11-26(3)12-14-28)31-19-15-29(16-20-31)24-36-38(6)44(47)34(5,9-2)43-32-21-17-30(18-22-32)25-46(40,41)42/h11,13,15-24,27,33H,8-10,12,14,25H2,1-7H3/p+2. The van der Waals surface area contributed by atoms with Gasteiger partial charge in [-0.15, -0.1) is 19.8 Å². The van der Waals surface area contributed by atoms with E-state index in [9.17, 15) is 14.4 Å². The summed E-state index contributed by atoms with van der Waals surface area (Å²) in [5.41, 5.74) is 5.45. The Bertz CT molecular complexity index is 1660. The Morgan fingerprint density at radius 3 is 2.23 bits per heavy atom. The summed E-state index contributed by atoms with van der Waals surface area (Å²) in [4.78, 5) is 18.5. The molecule has 2 aliphatic rings. The summed E-state index contributed by atoms with van der Waals surface area (Å²) >= 11 is 12.3. The van der Waals surface area contributed by atoms with Crippen LogP contribution in [0.2, 0.25) is 0 Å². The highest BCUT2D eigenvalue weighted by Gasteiger charge is 2.74. The first-order valence-electron chi connectivity index (χ1n) is 16.4. The fourth-order valence-electron chi connectivity index (χ4n) is 6.36. The van der Waals surface area contributed by atoms with Gasteiger partial charge >= 0.3 is 21.3 Å². The minimum atomic E-state index is -4.14. The van der Waals surface area contributed by atoms with Crippen LogP contribution in [0.25, 0.3) is 0 Å². The third-order valence-corrected chi connectivity index (χ3v) is 17.8. The molecule has 1 fully saturated rings. The highest BCUT2D eigenvalue weighted by molar-refractivity contribution is 8.04. The lowest BCUT2D eigenvalue weighted by Gasteiger charge is -2.23. The maximum Gasteiger partial charge on any atom is 0.358 e. The van der Waals surface area contributed by atoms with Crippen LogP contribution >= 0.6 is 21.3 Å². The van der Waals surface area contributed by atoms with Crippen LogP contribution in [-0.4, -0.2) is 51.2 Å². The van der Waals surface area contributed by atoms with Gasteiger partial charge in [0.15, 0.2) is 28.8 Å². The van der Waals surface area contributed by atoms with Crippen molar-refractivity contribution in [1.29, 1.82) is 0 Å². The minimum absolute atomic E-state index is 0.0834. The molecule has 6 atom stereocenters. The zero-order valence-electron chi connectivity index (χ0n) is 29.0. The van der Waals surface area contributed by atoms with Gasteiger partial charge in [0, 0.05) is 30.7 Å². The van der Waals surface area contributed by atoms with Gasteiger partial charge in [-0.25, -0.2) is 0 Å². The van der Waals surface area contributed by atoms with Crippen LogP contribution in [-0.2, 0) is 39.5 Å². The number of allylic oxidation sites excluding steroid dienone is 4. The molecule has 0 heterocycles. The summed E-state index contributed by atoms with van der Waals surface area (Å²) in [7, 11) is -0.223. The third kappa shape index (κ3) is 9.14. The molecule has 1 saturated carbocycles. The normalized spacial score (nSPS) is 22.9. The Hall–Kier alpha value is -2.15. The van der Waals surface area contributed by atoms with Crippen molar-refractivity contribution in [2.75, 3.05) is 14.1 Å². The van der Waals surface area contributed by atoms with E-state index in [2.05, 4.69) is 57.2 Å². The second-order valence-electron chi connectivity index (χ2n) is 13.0. The Balaban J connectivity index is 1.46. The molecule has 6 unspecified atom stereocenters. The van der Waals surface area contributed by atoms with Gasteiger partial charge < -0.3 is 14.5 Å². The molecular weight excluding hydrogens is 697 g/mol. The number of hydrogen-bond donors (Lipinski definition) is 2. The number of nitrogens with zero attached hydrogens (tertiary/aromatic N) is 4. The van der Waals surface area contributed by atoms with Gasteiger partial charge in [0.2, 0.25) is 0 Å². The molecule has 258 valence electrons. The van der Waals surface area contributed by atoms with Gasteiger partial charge in [0.1, 0.15) is 5.75 Å². The fraction of sp³-hybridized carbons (Fsp3) is 0.486. The minimum Gasteiger partial charge on any atom is -0.445 e. The van der Waals surface area contributed by atoms with E-state index in [-0.39, 0.29) is 11.3 Å². The van der Waals surface area contributed by atoms with Crippen molar-refractivity contribution in [1.82, 2.24) is 9.56 Å². The van der Waals surface area contributed by atoms with Crippen molar-refractivity contribution in [3.63, 3.8) is 0 Å². The first-order chi connectivity index (χ1) is 22.6. The molecule has 2 aliphatic carbocycles. The van der Waals surface area contributed by atoms with Crippen LogP contribution in [0.15, 0.2) is 82.0 Å². The van der Waals surface area contributed by atoms with Crippen LogP contribution in [0.5, 0.6) is 5.75 Å². The molecule has 0 saturated heterocycles. The van der Waals surface area contributed by atoms with E-state index < -0.39 is 26.6 Å². The third-order valence-electron chi connectivity index (χ3n) is 9.43. The van der Waals surface area contributed by atoms with E-state index in [0.717, 1.165) is 31.2 Å². The Morgan fingerprint density at radius 2 is 1.67 bits per heavy atom. The Labute approximate surface area is 298 Å². The van der Waals surface area contributed by atoms with Crippen LogP contribution in [0, 0.1) is 11.8 Å². The van der Waals surface area contributed by atoms with E-state index in [1.54, 1.807) is 29.0 Å². The predicted octanol–water partition coefficient (Wildman–Crippen LogP) is 9.40. The van der Waals surface area contributed by atoms with Crippen molar-refractivity contribution in [2.45, 2.75) is 83.4 Å². The SMILES string of the molecule is CCCC1C(C)C1(c1ccc(C=NN(C)[P+](=S)C(C)(CC)Oc2ccc(CP(=O)(O)O)cc2)cc1)[P+](=S)N(C)N=CC1=CC=C(C)CC1. The maximum absolute atomic E-state index is 11.3. The van der Waals surface area contributed by atoms with Gasteiger partial charge in [-0.3, -0.25) is 4.57 Å². The zero-order chi connectivity index (χ0) is 35.3. The molecule has 2 N–H and O–H groups in total. The first kappa shape index (κ1) is 38.6. The van der Waals surface area contributed by atoms with Crippen molar-refractivity contribution in [2.24, 2.45) is 22.0 Å². The van der Waals surface area contributed by atoms with Crippen molar-refractivity contribution in [3.8, 4) is 5.75 Å². The summed E-state index contributed by atoms with van der Waals surface area (Å²) < 4.78 is 21.6. The maximum atomic E-state index is 11.3. The number of benzene rings is 2. The molecule has 0 amide bonds. The zero-order valence-corrected chi connectivity index (χ0v) is 33.3. The highest BCUT2D eigenvalue weighted by Crippen LogP contribution is 2.74. The number of hydrazone groups is 2. The lowest BCUT2D eigenvalue weighted by molar-refractivity contribution is 0.171. The van der Waals surface area contributed by atoms with E-state index >= 15 is 0 Å². The molecular formula is C35H49N4O4P3S2+2. The van der Waals surface area contributed by atoms with E-state index in [1.165, 1.54) is 16.7 Å². The number of hydrogen-bond acceptors (Lipinski definition) is 6. The summed E-state index contributed by atoms with van der Waals surface area (Å²) in [6, 6.07) is 15.5. The topological polar surface area (TPSA) is 98.0 Å².